The van der Waals surface area contributed by atoms with Crippen molar-refractivity contribution in [2.24, 2.45) is 0 Å². The number of hydrogen-bond donors (Lipinski definition) is 1. The zero-order valence-electron chi connectivity index (χ0n) is 19.4. The molecule has 176 valence electrons. The number of rotatable bonds is 8. The molecular weight excluding hydrogens is 464 g/mol. The summed E-state index contributed by atoms with van der Waals surface area (Å²) >= 11 is 3.15. The van der Waals surface area contributed by atoms with Gasteiger partial charge in [-0.05, 0) is 51.4 Å². The molecule has 5 rings (SSSR count). The molecule has 1 amide bonds. The number of carbonyl (C=O) groups is 1. The summed E-state index contributed by atoms with van der Waals surface area (Å²) in [5.41, 5.74) is 4.10. The van der Waals surface area contributed by atoms with E-state index in [1.165, 1.54) is 24.0 Å². The highest BCUT2D eigenvalue weighted by Gasteiger charge is 2.26. The summed E-state index contributed by atoms with van der Waals surface area (Å²) in [5.74, 6) is 0.817. The number of thioether (sulfide) groups is 1. The van der Waals surface area contributed by atoms with E-state index in [0.29, 0.717) is 18.1 Å². The molecule has 1 unspecified atom stereocenters. The Morgan fingerprint density at radius 2 is 1.88 bits per heavy atom. The lowest BCUT2D eigenvalue weighted by atomic mass is 10.0. The largest absolute Gasteiger partial charge is 0.451 e. The summed E-state index contributed by atoms with van der Waals surface area (Å²) in [4.78, 5) is 15.9. The van der Waals surface area contributed by atoms with Gasteiger partial charge >= 0.3 is 0 Å². The van der Waals surface area contributed by atoms with Crippen molar-refractivity contribution in [3.8, 4) is 0 Å². The fourth-order valence-corrected chi connectivity index (χ4v) is 6.31. The Morgan fingerprint density at radius 1 is 1.12 bits per heavy atom. The van der Waals surface area contributed by atoms with Crippen molar-refractivity contribution in [2.45, 2.75) is 42.8 Å². The zero-order chi connectivity index (χ0) is 23.5. The molecule has 2 aromatic heterocycles. The maximum absolute atomic E-state index is 13.4. The number of likely N-dealkylation sites (tertiary alicyclic amines) is 1. The average molecular weight is 493 g/mol. The lowest BCUT2D eigenvalue weighted by Gasteiger charge is -2.28. The Bertz CT molecular complexity index is 1280. The molecular formula is C26H28N4O2S2. The number of aryl methyl sites for hydroxylation is 2. The van der Waals surface area contributed by atoms with Crippen LogP contribution >= 0.6 is 23.1 Å². The Morgan fingerprint density at radius 3 is 2.62 bits per heavy atom. The van der Waals surface area contributed by atoms with Crippen LogP contribution in [-0.2, 0) is 5.75 Å². The van der Waals surface area contributed by atoms with Gasteiger partial charge in [0.2, 0.25) is 0 Å². The molecule has 1 fully saturated rings. The Balaban J connectivity index is 1.37. The molecule has 0 bridgehead atoms. The SMILES string of the molecule is Cc1ccc(C(CNC(=O)c2oc3ccccc3c2CSc2nnc(C)s2)N2CCCC2)cc1. The number of benzene rings is 2. The van der Waals surface area contributed by atoms with Crippen LogP contribution in [0.25, 0.3) is 11.0 Å². The van der Waals surface area contributed by atoms with Crippen LogP contribution in [0, 0.1) is 13.8 Å². The summed E-state index contributed by atoms with van der Waals surface area (Å²) in [5, 5.41) is 13.4. The van der Waals surface area contributed by atoms with Crippen molar-refractivity contribution in [3.63, 3.8) is 0 Å². The van der Waals surface area contributed by atoms with Crippen molar-refractivity contribution in [1.82, 2.24) is 20.4 Å². The first-order chi connectivity index (χ1) is 16.6. The quantitative estimate of drug-likeness (QED) is 0.315. The third-order valence-electron chi connectivity index (χ3n) is 6.25. The van der Waals surface area contributed by atoms with E-state index in [0.717, 1.165) is 39.0 Å². The second kappa shape index (κ2) is 10.3. The standard InChI is InChI=1S/C26H28N4O2S2/c1-17-9-11-19(12-10-17)22(30-13-5-6-14-30)15-27-25(31)24-21(16-33-26-29-28-18(2)34-26)20-7-3-4-8-23(20)32-24/h3-4,7-12,22H,5-6,13-16H2,1-2H3,(H,27,31). The summed E-state index contributed by atoms with van der Waals surface area (Å²) in [6, 6.07) is 16.6. The van der Waals surface area contributed by atoms with Gasteiger partial charge in [0.05, 0.1) is 6.04 Å². The minimum atomic E-state index is -0.170. The van der Waals surface area contributed by atoms with Gasteiger partial charge in [-0.3, -0.25) is 9.69 Å². The van der Waals surface area contributed by atoms with Crippen LogP contribution in [0.2, 0.25) is 0 Å². The molecule has 3 heterocycles. The first-order valence-electron chi connectivity index (χ1n) is 11.6. The van der Waals surface area contributed by atoms with Crippen molar-refractivity contribution in [2.75, 3.05) is 19.6 Å². The number of carbonyl (C=O) groups excluding carboxylic acids is 1. The molecule has 6 nitrogen and oxygen atoms in total. The molecule has 0 saturated carbocycles. The fourth-order valence-electron chi connectivity index (χ4n) is 4.47. The molecule has 1 N–H and O–H groups in total. The van der Waals surface area contributed by atoms with Gasteiger partial charge in [-0.15, -0.1) is 10.2 Å². The van der Waals surface area contributed by atoms with Crippen molar-refractivity contribution in [3.05, 3.63) is 76.0 Å². The Kier molecular flexibility index (Phi) is 6.99. The van der Waals surface area contributed by atoms with Gasteiger partial charge in [0.25, 0.3) is 5.91 Å². The normalized spacial score (nSPS) is 15.1. The van der Waals surface area contributed by atoms with Crippen LogP contribution in [0.3, 0.4) is 0 Å². The van der Waals surface area contributed by atoms with Crippen LogP contribution < -0.4 is 5.32 Å². The lowest BCUT2D eigenvalue weighted by Crippen LogP contribution is -2.37. The maximum atomic E-state index is 13.4. The van der Waals surface area contributed by atoms with Crippen LogP contribution in [0.4, 0.5) is 0 Å². The molecule has 0 aliphatic carbocycles. The van der Waals surface area contributed by atoms with Crippen molar-refractivity contribution < 1.29 is 9.21 Å². The number of hydrogen-bond acceptors (Lipinski definition) is 7. The molecule has 1 saturated heterocycles. The molecule has 1 aliphatic rings. The van der Waals surface area contributed by atoms with Gasteiger partial charge in [-0.2, -0.15) is 0 Å². The molecule has 0 spiro atoms. The van der Waals surface area contributed by atoms with Crippen molar-refractivity contribution >= 4 is 40.0 Å². The van der Waals surface area contributed by atoms with Crippen molar-refractivity contribution in [1.29, 1.82) is 0 Å². The average Bonchev–Trinajstić information content (AvgIpc) is 3.59. The van der Waals surface area contributed by atoms with Gasteiger partial charge in [0.15, 0.2) is 10.1 Å². The summed E-state index contributed by atoms with van der Waals surface area (Å²) in [6.45, 7) is 6.70. The predicted molar refractivity (Wildman–Crippen MR) is 137 cm³/mol. The second-order valence-electron chi connectivity index (χ2n) is 8.66. The first kappa shape index (κ1) is 23.1. The zero-order valence-corrected chi connectivity index (χ0v) is 21.0. The number of amides is 1. The van der Waals surface area contributed by atoms with Crippen LogP contribution in [-0.4, -0.2) is 40.6 Å². The third kappa shape index (κ3) is 5.04. The number of nitrogens with one attached hydrogen (secondary N) is 1. The number of aromatic nitrogens is 2. The highest BCUT2D eigenvalue weighted by Crippen LogP contribution is 2.33. The molecule has 8 heteroatoms. The van der Waals surface area contributed by atoms with E-state index in [-0.39, 0.29) is 11.9 Å². The van der Waals surface area contributed by atoms with Gasteiger partial charge in [-0.1, -0.05) is 71.1 Å². The molecule has 34 heavy (non-hydrogen) atoms. The molecule has 1 aliphatic heterocycles. The van der Waals surface area contributed by atoms with E-state index < -0.39 is 0 Å². The second-order valence-corrected chi connectivity index (χ2v) is 11.1. The fraction of sp³-hybridized carbons (Fsp3) is 0.346. The van der Waals surface area contributed by atoms with E-state index in [1.807, 2.05) is 31.2 Å². The third-order valence-corrected chi connectivity index (χ3v) is 8.25. The van der Waals surface area contributed by atoms with Crippen LogP contribution in [0.5, 0.6) is 0 Å². The summed E-state index contributed by atoms with van der Waals surface area (Å²) in [6.07, 6.45) is 2.40. The van der Waals surface area contributed by atoms with Gasteiger partial charge in [0, 0.05) is 23.2 Å². The van der Waals surface area contributed by atoms with E-state index in [4.69, 9.17) is 4.42 Å². The monoisotopic (exact) mass is 492 g/mol. The Labute approximate surface area is 207 Å². The number of para-hydroxylation sites is 1. The molecule has 2 aromatic carbocycles. The number of furan rings is 1. The summed E-state index contributed by atoms with van der Waals surface area (Å²) < 4.78 is 6.95. The minimum Gasteiger partial charge on any atom is -0.451 e. The van der Waals surface area contributed by atoms with Crippen LogP contribution in [0.15, 0.2) is 57.3 Å². The first-order valence-corrected chi connectivity index (χ1v) is 13.4. The lowest BCUT2D eigenvalue weighted by molar-refractivity contribution is 0.0911. The molecule has 4 aromatic rings. The van der Waals surface area contributed by atoms with E-state index in [9.17, 15) is 4.79 Å². The van der Waals surface area contributed by atoms with Gasteiger partial charge in [-0.25, -0.2) is 0 Å². The van der Waals surface area contributed by atoms with E-state index in [2.05, 4.69) is 51.6 Å². The highest BCUT2D eigenvalue weighted by molar-refractivity contribution is 8.00. The van der Waals surface area contributed by atoms with E-state index in [1.54, 1.807) is 23.1 Å². The minimum absolute atomic E-state index is 0.152. The smallest absolute Gasteiger partial charge is 0.287 e. The Hall–Kier alpha value is -2.68. The maximum Gasteiger partial charge on any atom is 0.287 e. The number of fused-ring (bicyclic) bond motifs is 1. The van der Waals surface area contributed by atoms with E-state index >= 15 is 0 Å². The van der Waals surface area contributed by atoms with Gasteiger partial charge < -0.3 is 9.73 Å². The topological polar surface area (TPSA) is 71.3 Å². The summed E-state index contributed by atoms with van der Waals surface area (Å²) in [7, 11) is 0. The predicted octanol–water partition coefficient (Wildman–Crippen LogP) is 5.76. The van der Waals surface area contributed by atoms with Crippen LogP contribution in [0.1, 0.15) is 51.1 Å². The highest BCUT2D eigenvalue weighted by atomic mass is 32.2. The number of nitrogens with zero attached hydrogens (tertiary/aromatic N) is 3. The molecule has 0 radical (unpaired) electrons. The van der Waals surface area contributed by atoms with Gasteiger partial charge in [0.1, 0.15) is 10.6 Å². The molecule has 1 atom stereocenters.